The number of thiazole rings is 1. The summed E-state index contributed by atoms with van der Waals surface area (Å²) in [6.45, 7) is 11.3. The molecule has 3 rings (SSSR count). The molecule has 0 aliphatic carbocycles. The monoisotopic (exact) mass is 429 g/mol. The standard InChI is InChI=1S/C22H35N7S/c1-17-7-6-8-20(18(17)2)29-13-11-28(12-14-29)10-9-24-21(23-3)25-15-19-16-30-22(26-19)27(4)5/h6-8,16H,9-15H2,1-5H3,(H2,23,24,25). The number of hydrogen-bond donors (Lipinski definition) is 2. The first-order valence-electron chi connectivity index (χ1n) is 10.6. The lowest BCUT2D eigenvalue weighted by Gasteiger charge is -2.37. The molecule has 2 N–H and O–H groups in total. The molecule has 0 bridgehead atoms. The van der Waals surface area contributed by atoms with Gasteiger partial charge in [-0.25, -0.2) is 4.98 Å². The molecule has 1 fully saturated rings. The highest BCUT2D eigenvalue weighted by Crippen LogP contribution is 2.23. The highest BCUT2D eigenvalue weighted by Gasteiger charge is 2.18. The molecule has 0 unspecified atom stereocenters. The van der Waals surface area contributed by atoms with Crippen LogP contribution in [0.3, 0.4) is 0 Å². The van der Waals surface area contributed by atoms with Gasteiger partial charge in [0.1, 0.15) is 0 Å². The van der Waals surface area contributed by atoms with Gasteiger partial charge in [0.25, 0.3) is 0 Å². The number of anilines is 2. The molecular formula is C22H35N7S. The minimum atomic E-state index is 0.679. The van der Waals surface area contributed by atoms with E-state index in [2.05, 4.69) is 67.8 Å². The van der Waals surface area contributed by atoms with Gasteiger partial charge in [-0.2, -0.15) is 0 Å². The number of piperazine rings is 1. The van der Waals surface area contributed by atoms with Crippen LogP contribution in [0.15, 0.2) is 28.6 Å². The molecule has 0 spiro atoms. The van der Waals surface area contributed by atoms with Crippen molar-refractivity contribution in [3.05, 3.63) is 40.4 Å². The summed E-state index contributed by atoms with van der Waals surface area (Å²) in [6, 6.07) is 6.61. The van der Waals surface area contributed by atoms with Crippen LogP contribution in [0.25, 0.3) is 0 Å². The third kappa shape index (κ3) is 5.86. The van der Waals surface area contributed by atoms with E-state index < -0.39 is 0 Å². The Morgan fingerprint density at radius 3 is 2.60 bits per heavy atom. The number of guanidine groups is 1. The van der Waals surface area contributed by atoms with E-state index in [4.69, 9.17) is 0 Å². The van der Waals surface area contributed by atoms with Crippen LogP contribution in [0, 0.1) is 13.8 Å². The van der Waals surface area contributed by atoms with E-state index >= 15 is 0 Å². The number of nitrogens with one attached hydrogen (secondary N) is 2. The predicted molar refractivity (Wildman–Crippen MR) is 129 cm³/mol. The Labute approximate surface area is 184 Å². The first-order valence-corrected chi connectivity index (χ1v) is 11.5. The molecule has 1 saturated heterocycles. The van der Waals surface area contributed by atoms with Gasteiger partial charge in [0, 0.05) is 71.5 Å². The number of nitrogens with zero attached hydrogens (tertiary/aromatic N) is 5. The van der Waals surface area contributed by atoms with Crippen molar-refractivity contribution in [3.63, 3.8) is 0 Å². The minimum Gasteiger partial charge on any atom is -0.369 e. The third-order valence-corrected chi connectivity index (χ3v) is 6.65. The Morgan fingerprint density at radius 2 is 1.93 bits per heavy atom. The summed E-state index contributed by atoms with van der Waals surface area (Å²) in [7, 11) is 5.83. The first kappa shape index (κ1) is 22.4. The van der Waals surface area contributed by atoms with Crippen molar-refractivity contribution in [2.45, 2.75) is 20.4 Å². The van der Waals surface area contributed by atoms with Crippen LogP contribution in [-0.2, 0) is 6.54 Å². The topological polar surface area (TPSA) is 59.0 Å². The zero-order valence-electron chi connectivity index (χ0n) is 18.9. The van der Waals surface area contributed by atoms with Crippen molar-refractivity contribution in [1.29, 1.82) is 0 Å². The van der Waals surface area contributed by atoms with E-state index in [9.17, 15) is 0 Å². The third-order valence-electron chi connectivity index (χ3n) is 5.59. The second-order valence-corrected chi connectivity index (χ2v) is 8.75. The fraction of sp³-hybridized carbons (Fsp3) is 0.545. The molecule has 2 heterocycles. The molecule has 0 amide bonds. The number of aryl methyl sites for hydroxylation is 1. The zero-order valence-corrected chi connectivity index (χ0v) is 19.7. The van der Waals surface area contributed by atoms with Gasteiger partial charge >= 0.3 is 0 Å². The predicted octanol–water partition coefficient (Wildman–Crippen LogP) is 2.31. The van der Waals surface area contributed by atoms with Gasteiger partial charge in [0.2, 0.25) is 0 Å². The summed E-state index contributed by atoms with van der Waals surface area (Å²) in [4.78, 5) is 16.0. The molecule has 2 aromatic rings. The molecule has 7 nitrogen and oxygen atoms in total. The largest absolute Gasteiger partial charge is 0.369 e. The van der Waals surface area contributed by atoms with Gasteiger partial charge in [0.05, 0.1) is 12.2 Å². The fourth-order valence-corrected chi connectivity index (χ4v) is 4.36. The number of aromatic nitrogens is 1. The van der Waals surface area contributed by atoms with E-state index in [-0.39, 0.29) is 0 Å². The average molecular weight is 430 g/mol. The zero-order chi connectivity index (χ0) is 21.5. The summed E-state index contributed by atoms with van der Waals surface area (Å²) >= 11 is 1.66. The fourth-order valence-electron chi connectivity index (χ4n) is 3.60. The van der Waals surface area contributed by atoms with Gasteiger partial charge in [-0.1, -0.05) is 12.1 Å². The Bertz CT molecular complexity index is 838. The minimum absolute atomic E-state index is 0.679. The molecule has 0 radical (unpaired) electrons. The number of benzene rings is 1. The lowest BCUT2D eigenvalue weighted by atomic mass is 10.1. The average Bonchev–Trinajstić information content (AvgIpc) is 3.22. The summed E-state index contributed by atoms with van der Waals surface area (Å²) in [5.74, 6) is 0.823. The molecule has 30 heavy (non-hydrogen) atoms. The van der Waals surface area contributed by atoms with E-state index in [1.54, 1.807) is 11.3 Å². The van der Waals surface area contributed by atoms with Crippen LogP contribution >= 0.6 is 11.3 Å². The lowest BCUT2D eigenvalue weighted by Crippen LogP contribution is -2.49. The lowest BCUT2D eigenvalue weighted by molar-refractivity contribution is 0.261. The Kier molecular flexibility index (Phi) is 7.93. The van der Waals surface area contributed by atoms with Gasteiger partial charge in [-0.15, -0.1) is 11.3 Å². The molecule has 1 aliphatic rings. The number of hydrogen-bond acceptors (Lipinski definition) is 6. The maximum Gasteiger partial charge on any atom is 0.191 e. The second-order valence-electron chi connectivity index (χ2n) is 7.92. The molecule has 0 saturated carbocycles. The molecule has 1 aliphatic heterocycles. The summed E-state index contributed by atoms with van der Waals surface area (Å²) < 4.78 is 0. The smallest absolute Gasteiger partial charge is 0.191 e. The van der Waals surface area contributed by atoms with Crippen molar-refractivity contribution >= 4 is 28.1 Å². The van der Waals surface area contributed by atoms with Crippen LogP contribution in [0.2, 0.25) is 0 Å². The maximum atomic E-state index is 4.60. The van der Waals surface area contributed by atoms with E-state index in [0.717, 1.165) is 56.1 Å². The van der Waals surface area contributed by atoms with Crippen LogP contribution in [0.1, 0.15) is 16.8 Å². The van der Waals surface area contributed by atoms with Crippen LogP contribution in [0.4, 0.5) is 10.8 Å². The SMILES string of the molecule is CN=C(NCCN1CCN(c2cccc(C)c2C)CC1)NCc1csc(N(C)C)n1. The van der Waals surface area contributed by atoms with Gasteiger partial charge in [-0.3, -0.25) is 9.89 Å². The Balaban J connectivity index is 1.38. The normalized spacial score (nSPS) is 15.4. The number of rotatable bonds is 7. The molecule has 1 aromatic carbocycles. The molecule has 1 aromatic heterocycles. The first-order chi connectivity index (χ1) is 14.5. The molecular weight excluding hydrogens is 394 g/mol. The molecule has 8 heteroatoms. The second kappa shape index (κ2) is 10.6. The van der Waals surface area contributed by atoms with E-state index in [1.807, 2.05) is 26.0 Å². The summed E-state index contributed by atoms with van der Waals surface area (Å²) in [5.41, 5.74) is 5.19. The van der Waals surface area contributed by atoms with Crippen LogP contribution < -0.4 is 20.4 Å². The highest BCUT2D eigenvalue weighted by molar-refractivity contribution is 7.13. The van der Waals surface area contributed by atoms with E-state index in [0.29, 0.717) is 6.54 Å². The van der Waals surface area contributed by atoms with Crippen molar-refractivity contribution in [2.24, 2.45) is 4.99 Å². The van der Waals surface area contributed by atoms with Crippen molar-refractivity contribution in [3.8, 4) is 0 Å². The van der Waals surface area contributed by atoms with Crippen molar-refractivity contribution < 1.29 is 0 Å². The summed E-state index contributed by atoms with van der Waals surface area (Å²) in [5, 5.41) is 9.89. The molecule has 0 atom stereocenters. The van der Waals surface area contributed by atoms with Crippen LogP contribution in [-0.4, -0.2) is 76.3 Å². The maximum absolute atomic E-state index is 4.60. The van der Waals surface area contributed by atoms with E-state index in [1.165, 1.54) is 16.8 Å². The Morgan fingerprint density at radius 1 is 1.17 bits per heavy atom. The quantitative estimate of drug-likeness (QED) is 0.520. The van der Waals surface area contributed by atoms with Gasteiger partial charge in [-0.05, 0) is 31.0 Å². The van der Waals surface area contributed by atoms with Gasteiger partial charge < -0.3 is 20.4 Å². The van der Waals surface area contributed by atoms with Crippen molar-refractivity contribution in [1.82, 2.24) is 20.5 Å². The highest BCUT2D eigenvalue weighted by atomic mass is 32.1. The van der Waals surface area contributed by atoms with Crippen LogP contribution in [0.5, 0.6) is 0 Å². The number of aliphatic imine (C=N–C) groups is 1. The van der Waals surface area contributed by atoms with Crippen molar-refractivity contribution in [2.75, 3.05) is 70.2 Å². The summed E-state index contributed by atoms with van der Waals surface area (Å²) in [6.07, 6.45) is 0. The van der Waals surface area contributed by atoms with Gasteiger partial charge in [0.15, 0.2) is 11.1 Å². The molecule has 164 valence electrons. The Hall–Kier alpha value is -2.32.